The summed E-state index contributed by atoms with van der Waals surface area (Å²) in [4.78, 5) is 23.7. The summed E-state index contributed by atoms with van der Waals surface area (Å²) in [7, 11) is -3.84. The van der Waals surface area contributed by atoms with Crippen molar-refractivity contribution in [3.05, 3.63) is 17.0 Å². The average molecular weight is 346 g/mol. The Labute approximate surface area is 132 Å². The number of amides is 1. The molecule has 7 nitrogen and oxygen atoms in total. The van der Waals surface area contributed by atoms with E-state index in [1.807, 2.05) is 0 Å². The number of nitrogens with one attached hydrogen (secondary N) is 1. The first-order chi connectivity index (χ1) is 10.1. The molecular weight excluding hydrogens is 328 g/mol. The number of aliphatic carboxylic acids is 1. The Bertz CT molecular complexity index is 697. The fraction of sp³-hybridized carbons (Fsp3) is 0.538. The van der Waals surface area contributed by atoms with Gasteiger partial charge in [0, 0.05) is 5.38 Å². The SMILES string of the molecule is C[C@@]1(NC(=O)c2csc(S(N)(=O)=O)c2)CCCC[C@H]1C(=O)O. The Balaban J connectivity index is 2.20. The van der Waals surface area contributed by atoms with E-state index in [2.05, 4.69) is 5.32 Å². The van der Waals surface area contributed by atoms with Crippen molar-refractivity contribution in [2.24, 2.45) is 11.1 Å². The van der Waals surface area contributed by atoms with Crippen LogP contribution in [0.25, 0.3) is 0 Å². The van der Waals surface area contributed by atoms with Crippen molar-refractivity contribution < 1.29 is 23.1 Å². The summed E-state index contributed by atoms with van der Waals surface area (Å²) < 4.78 is 22.4. The third-order valence-corrected chi connectivity index (χ3v) is 6.41. The molecule has 0 saturated heterocycles. The monoisotopic (exact) mass is 346 g/mol. The van der Waals surface area contributed by atoms with Gasteiger partial charge in [-0.25, -0.2) is 13.6 Å². The molecule has 1 aromatic rings. The molecule has 0 unspecified atom stereocenters. The van der Waals surface area contributed by atoms with Gasteiger partial charge in [0.15, 0.2) is 0 Å². The zero-order valence-corrected chi connectivity index (χ0v) is 13.7. The predicted octanol–water partition coefficient (Wildman–Crippen LogP) is 1.16. The molecule has 2 atom stereocenters. The van der Waals surface area contributed by atoms with E-state index < -0.39 is 33.4 Å². The molecule has 2 rings (SSSR count). The molecule has 1 amide bonds. The van der Waals surface area contributed by atoms with Crippen LogP contribution in [0.3, 0.4) is 0 Å². The summed E-state index contributed by atoms with van der Waals surface area (Å²) in [6, 6.07) is 1.21. The molecule has 0 radical (unpaired) electrons. The lowest BCUT2D eigenvalue weighted by atomic mass is 9.74. The van der Waals surface area contributed by atoms with Crippen LogP contribution in [0, 0.1) is 5.92 Å². The third kappa shape index (κ3) is 3.47. The molecule has 122 valence electrons. The topological polar surface area (TPSA) is 127 Å². The first-order valence-electron chi connectivity index (χ1n) is 6.80. The molecule has 0 bridgehead atoms. The van der Waals surface area contributed by atoms with E-state index >= 15 is 0 Å². The first-order valence-corrected chi connectivity index (χ1v) is 9.23. The number of thiophene rings is 1. The van der Waals surface area contributed by atoms with Gasteiger partial charge in [-0.1, -0.05) is 12.8 Å². The lowest BCUT2D eigenvalue weighted by Crippen LogP contribution is -2.55. The van der Waals surface area contributed by atoms with Gasteiger partial charge in [0.05, 0.1) is 17.0 Å². The summed E-state index contributed by atoms with van der Waals surface area (Å²) in [5.41, 5.74) is -0.671. The van der Waals surface area contributed by atoms with Gasteiger partial charge in [0.2, 0.25) is 10.0 Å². The van der Waals surface area contributed by atoms with Crippen molar-refractivity contribution in [2.45, 2.75) is 42.4 Å². The highest BCUT2D eigenvalue weighted by atomic mass is 32.2. The highest BCUT2D eigenvalue weighted by Gasteiger charge is 2.42. The first kappa shape index (κ1) is 16.9. The number of carbonyl (C=O) groups excluding carboxylic acids is 1. The fourth-order valence-corrected chi connectivity index (χ4v) is 4.38. The van der Waals surface area contributed by atoms with Crippen LogP contribution in [0.5, 0.6) is 0 Å². The maximum Gasteiger partial charge on any atom is 0.308 e. The van der Waals surface area contributed by atoms with Gasteiger partial charge >= 0.3 is 5.97 Å². The van der Waals surface area contributed by atoms with E-state index in [1.54, 1.807) is 6.92 Å². The average Bonchev–Trinajstić information content (AvgIpc) is 2.87. The van der Waals surface area contributed by atoms with Crippen molar-refractivity contribution in [1.29, 1.82) is 0 Å². The number of hydrogen-bond donors (Lipinski definition) is 3. The van der Waals surface area contributed by atoms with Crippen LogP contribution in [-0.2, 0) is 14.8 Å². The van der Waals surface area contributed by atoms with Gasteiger partial charge in [-0.05, 0) is 25.8 Å². The Morgan fingerprint density at radius 3 is 2.68 bits per heavy atom. The second-order valence-corrected chi connectivity index (χ2v) is 8.41. The lowest BCUT2D eigenvalue weighted by molar-refractivity contribution is -0.145. The zero-order valence-electron chi connectivity index (χ0n) is 12.0. The quantitative estimate of drug-likeness (QED) is 0.754. The maximum absolute atomic E-state index is 12.3. The number of sulfonamides is 1. The van der Waals surface area contributed by atoms with Crippen LogP contribution >= 0.6 is 11.3 Å². The highest BCUT2D eigenvalue weighted by molar-refractivity contribution is 7.91. The molecule has 0 aromatic carbocycles. The van der Waals surface area contributed by atoms with E-state index in [0.717, 1.165) is 24.2 Å². The Hall–Kier alpha value is -1.45. The summed E-state index contributed by atoms with van der Waals surface area (Å²) >= 11 is 0.863. The van der Waals surface area contributed by atoms with Gasteiger partial charge < -0.3 is 10.4 Å². The minimum Gasteiger partial charge on any atom is -0.481 e. The predicted molar refractivity (Wildman–Crippen MR) is 81.2 cm³/mol. The minimum atomic E-state index is -3.84. The van der Waals surface area contributed by atoms with E-state index in [0.29, 0.717) is 12.8 Å². The van der Waals surface area contributed by atoms with Crippen LogP contribution in [0.15, 0.2) is 15.7 Å². The lowest BCUT2D eigenvalue weighted by Gasteiger charge is -2.39. The molecule has 0 spiro atoms. The largest absolute Gasteiger partial charge is 0.481 e. The highest BCUT2D eigenvalue weighted by Crippen LogP contribution is 2.34. The summed E-state index contributed by atoms with van der Waals surface area (Å²) in [6.45, 7) is 1.72. The molecular formula is C13H18N2O5S2. The second-order valence-electron chi connectivity index (χ2n) is 5.71. The van der Waals surface area contributed by atoms with E-state index in [9.17, 15) is 23.1 Å². The number of nitrogens with two attached hydrogens (primary N) is 1. The molecule has 1 aliphatic rings. The van der Waals surface area contributed by atoms with Crippen LogP contribution in [-0.4, -0.2) is 30.9 Å². The van der Waals surface area contributed by atoms with Crippen LogP contribution in [0.4, 0.5) is 0 Å². The Morgan fingerprint density at radius 2 is 2.14 bits per heavy atom. The number of carboxylic acid groups (broad SMARTS) is 1. The van der Waals surface area contributed by atoms with Gasteiger partial charge in [-0.2, -0.15) is 0 Å². The standard InChI is InChI=1S/C13H18N2O5S2/c1-13(5-3-2-4-9(13)12(17)18)15-11(16)8-6-10(21-7-8)22(14,19)20/h6-7,9H,2-5H2,1H3,(H,15,16)(H,17,18)(H2,14,19,20)/t9-,13+/m0/s1. The Morgan fingerprint density at radius 1 is 1.45 bits per heavy atom. The summed E-state index contributed by atoms with van der Waals surface area (Å²) in [5.74, 6) is -2.07. The molecule has 1 aromatic heterocycles. The van der Waals surface area contributed by atoms with Crippen molar-refractivity contribution in [1.82, 2.24) is 5.32 Å². The molecule has 1 saturated carbocycles. The van der Waals surface area contributed by atoms with Crippen LogP contribution in [0.1, 0.15) is 43.0 Å². The van der Waals surface area contributed by atoms with Gasteiger partial charge in [-0.15, -0.1) is 11.3 Å². The van der Waals surface area contributed by atoms with Crippen LogP contribution in [0.2, 0.25) is 0 Å². The van der Waals surface area contributed by atoms with Gasteiger partial charge in [0.25, 0.3) is 5.91 Å². The number of carbonyl (C=O) groups is 2. The molecule has 4 N–H and O–H groups in total. The molecule has 1 aliphatic carbocycles. The molecule has 1 heterocycles. The molecule has 9 heteroatoms. The van der Waals surface area contributed by atoms with Crippen molar-refractivity contribution in [3.63, 3.8) is 0 Å². The van der Waals surface area contributed by atoms with Crippen molar-refractivity contribution >= 4 is 33.2 Å². The number of rotatable bonds is 4. The number of hydrogen-bond acceptors (Lipinski definition) is 5. The van der Waals surface area contributed by atoms with E-state index in [1.165, 1.54) is 11.4 Å². The van der Waals surface area contributed by atoms with Crippen molar-refractivity contribution in [2.75, 3.05) is 0 Å². The van der Waals surface area contributed by atoms with E-state index in [-0.39, 0.29) is 9.77 Å². The fourth-order valence-electron chi connectivity index (χ4n) is 2.80. The van der Waals surface area contributed by atoms with Gasteiger partial charge in [0.1, 0.15) is 4.21 Å². The normalized spacial score (nSPS) is 25.6. The minimum absolute atomic E-state index is 0.0961. The van der Waals surface area contributed by atoms with Gasteiger partial charge in [-0.3, -0.25) is 9.59 Å². The summed E-state index contributed by atoms with van der Waals surface area (Å²) in [6.07, 6.45) is 2.74. The molecule has 0 aliphatic heterocycles. The smallest absolute Gasteiger partial charge is 0.308 e. The molecule has 1 fully saturated rings. The van der Waals surface area contributed by atoms with E-state index in [4.69, 9.17) is 5.14 Å². The maximum atomic E-state index is 12.3. The van der Waals surface area contributed by atoms with Crippen LogP contribution < -0.4 is 10.5 Å². The Kier molecular flexibility index (Phi) is 4.59. The zero-order chi connectivity index (χ0) is 16.5. The molecule has 22 heavy (non-hydrogen) atoms. The second kappa shape index (κ2) is 5.98. The van der Waals surface area contributed by atoms with Crippen molar-refractivity contribution in [3.8, 4) is 0 Å². The third-order valence-electron chi connectivity index (χ3n) is 4.02. The number of primary sulfonamides is 1. The summed E-state index contributed by atoms with van der Waals surface area (Å²) in [5, 5.41) is 18.5. The number of carboxylic acids is 1.